The number of esters is 1. The number of aromatic nitrogens is 2. The number of rotatable bonds is 10. The van der Waals surface area contributed by atoms with Crippen LogP contribution in [0.5, 0.6) is 0 Å². The highest BCUT2D eigenvalue weighted by Crippen LogP contribution is 2.28. The molecule has 32 heavy (non-hydrogen) atoms. The lowest BCUT2D eigenvalue weighted by Crippen LogP contribution is -2.21. The van der Waals surface area contributed by atoms with Crippen molar-refractivity contribution >= 4 is 45.7 Å². The molecule has 2 aromatic heterocycles. The standard InChI is InChI=1S/C22H26N4O4S2/c1-5-26(6-2)16-10-8-15(9-11-16)20-24-25-22(30-20)31-13-17(27)23-18-12-14(4)19(32-18)21(28)29-7-3/h8-12H,5-7,13H2,1-4H3,(H,23,27). The summed E-state index contributed by atoms with van der Waals surface area (Å²) in [5.74, 6) is -0.0934. The molecule has 0 aliphatic carbocycles. The molecule has 0 aliphatic heterocycles. The summed E-state index contributed by atoms with van der Waals surface area (Å²) < 4.78 is 10.7. The zero-order valence-electron chi connectivity index (χ0n) is 18.5. The molecule has 0 aliphatic rings. The number of thioether (sulfide) groups is 1. The number of nitrogens with one attached hydrogen (secondary N) is 1. The van der Waals surface area contributed by atoms with Gasteiger partial charge in [-0.2, -0.15) is 0 Å². The van der Waals surface area contributed by atoms with Gasteiger partial charge in [-0.3, -0.25) is 4.79 Å². The fourth-order valence-corrected chi connectivity index (χ4v) is 4.58. The first-order valence-corrected chi connectivity index (χ1v) is 12.1. The van der Waals surface area contributed by atoms with Crippen molar-refractivity contribution in [2.24, 2.45) is 0 Å². The van der Waals surface area contributed by atoms with Gasteiger partial charge in [0.25, 0.3) is 5.22 Å². The van der Waals surface area contributed by atoms with Gasteiger partial charge in [0, 0.05) is 24.3 Å². The summed E-state index contributed by atoms with van der Waals surface area (Å²) in [7, 11) is 0. The Morgan fingerprint density at radius 2 is 1.88 bits per heavy atom. The second-order valence-electron chi connectivity index (χ2n) is 6.77. The predicted molar refractivity (Wildman–Crippen MR) is 128 cm³/mol. The van der Waals surface area contributed by atoms with Crippen molar-refractivity contribution in [1.29, 1.82) is 0 Å². The normalized spacial score (nSPS) is 10.8. The molecule has 3 rings (SSSR count). The maximum absolute atomic E-state index is 12.3. The second-order valence-corrected chi connectivity index (χ2v) is 8.75. The van der Waals surface area contributed by atoms with Crippen molar-refractivity contribution in [2.75, 3.05) is 35.7 Å². The number of hydrogen-bond acceptors (Lipinski definition) is 9. The number of amides is 1. The fourth-order valence-electron chi connectivity index (χ4n) is 3.03. The molecule has 2 heterocycles. The average molecular weight is 475 g/mol. The summed E-state index contributed by atoms with van der Waals surface area (Å²) in [6, 6.07) is 9.71. The lowest BCUT2D eigenvalue weighted by Gasteiger charge is -2.20. The number of anilines is 2. The van der Waals surface area contributed by atoms with E-state index in [9.17, 15) is 9.59 Å². The molecule has 0 unspecified atom stereocenters. The van der Waals surface area contributed by atoms with Crippen molar-refractivity contribution in [3.63, 3.8) is 0 Å². The SMILES string of the molecule is CCOC(=O)c1sc(NC(=O)CSc2nnc(-c3ccc(N(CC)CC)cc3)o2)cc1C. The highest BCUT2D eigenvalue weighted by atomic mass is 32.2. The van der Waals surface area contributed by atoms with Gasteiger partial charge in [-0.15, -0.1) is 21.5 Å². The van der Waals surface area contributed by atoms with Crippen LogP contribution in [0.15, 0.2) is 40.0 Å². The summed E-state index contributed by atoms with van der Waals surface area (Å²) in [4.78, 5) is 27.0. The largest absolute Gasteiger partial charge is 0.462 e. The van der Waals surface area contributed by atoms with Crippen LogP contribution in [0.2, 0.25) is 0 Å². The Bertz CT molecular complexity index is 1060. The quantitative estimate of drug-likeness (QED) is 0.329. The fraction of sp³-hybridized carbons (Fsp3) is 0.364. The van der Waals surface area contributed by atoms with Gasteiger partial charge < -0.3 is 19.4 Å². The number of benzene rings is 1. The minimum Gasteiger partial charge on any atom is -0.462 e. The highest BCUT2D eigenvalue weighted by molar-refractivity contribution is 7.99. The van der Waals surface area contributed by atoms with Crippen LogP contribution in [0.1, 0.15) is 36.0 Å². The van der Waals surface area contributed by atoms with Gasteiger partial charge in [0.1, 0.15) is 4.88 Å². The van der Waals surface area contributed by atoms with E-state index in [1.807, 2.05) is 31.2 Å². The lowest BCUT2D eigenvalue weighted by molar-refractivity contribution is -0.113. The summed E-state index contributed by atoms with van der Waals surface area (Å²) in [6.07, 6.45) is 0. The second kappa shape index (κ2) is 11.1. The van der Waals surface area contributed by atoms with E-state index in [1.54, 1.807) is 13.0 Å². The Morgan fingerprint density at radius 3 is 2.53 bits per heavy atom. The number of carbonyl (C=O) groups excluding carboxylic acids is 2. The smallest absolute Gasteiger partial charge is 0.348 e. The third-order valence-corrected chi connectivity index (χ3v) is 6.57. The summed E-state index contributed by atoms with van der Waals surface area (Å²) in [6.45, 7) is 9.98. The van der Waals surface area contributed by atoms with Crippen molar-refractivity contribution in [2.45, 2.75) is 32.9 Å². The first-order chi connectivity index (χ1) is 15.4. The Hall–Kier alpha value is -2.85. The number of hydrogen-bond donors (Lipinski definition) is 1. The lowest BCUT2D eigenvalue weighted by atomic mass is 10.2. The third-order valence-electron chi connectivity index (χ3n) is 4.62. The Balaban J connectivity index is 1.55. The number of nitrogens with zero attached hydrogens (tertiary/aromatic N) is 3. The molecule has 0 saturated heterocycles. The highest BCUT2D eigenvalue weighted by Gasteiger charge is 2.17. The maximum atomic E-state index is 12.3. The van der Waals surface area contributed by atoms with Crippen molar-refractivity contribution in [3.05, 3.63) is 40.8 Å². The molecule has 3 aromatic rings. The van der Waals surface area contributed by atoms with E-state index in [1.165, 1.54) is 11.3 Å². The number of carbonyl (C=O) groups is 2. The van der Waals surface area contributed by atoms with E-state index in [0.29, 0.717) is 27.6 Å². The minimum atomic E-state index is -0.381. The van der Waals surface area contributed by atoms with E-state index in [4.69, 9.17) is 9.15 Å². The zero-order chi connectivity index (χ0) is 23.1. The van der Waals surface area contributed by atoms with Gasteiger partial charge in [-0.05, 0) is 63.6 Å². The van der Waals surface area contributed by atoms with E-state index in [-0.39, 0.29) is 17.6 Å². The van der Waals surface area contributed by atoms with Gasteiger partial charge in [-0.25, -0.2) is 4.79 Å². The topological polar surface area (TPSA) is 97.6 Å². The monoisotopic (exact) mass is 474 g/mol. The molecule has 170 valence electrons. The molecule has 0 spiro atoms. The van der Waals surface area contributed by atoms with Crippen LogP contribution in [0.4, 0.5) is 10.7 Å². The van der Waals surface area contributed by atoms with Crippen molar-refractivity contribution in [1.82, 2.24) is 10.2 Å². The van der Waals surface area contributed by atoms with Crippen LogP contribution in [-0.2, 0) is 9.53 Å². The van der Waals surface area contributed by atoms with E-state index < -0.39 is 0 Å². The molecule has 0 saturated carbocycles. The molecule has 0 atom stereocenters. The molecule has 1 amide bonds. The first kappa shape index (κ1) is 23.8. The van der Waals surface area contributed by atoms with Crippen LogP contribution in [0.3, 0.4) is 0 Å². The predicted octanol–water partition coefficient (Wildman–Crippen LogP) is 4.86. The number of ether oxygens (including phenoxy) is 1. The van der Waals surface area contributed by atoms with Gasteiger partial charge in [0.15, 0.2) is 0 Å². The number of thiophene rings is 1. The van der Waals surface area contributed by atoms with E-state index >= 15 is 0 Å². The zero-order valence-corrected chi connectivity index (χ0v) is 20.1. The minimum absolute atomic E-state index is 0.105. The first-order valence-electron chi connectivity index (χ1n) is 10.3. The van der Waals surface area contributed by atoms with Crippen molar-refractivity contribution in [3.8, 4) is 11.5 Å². The Kier molecular flexibility index (Phi) is 8.29. The Morgan fingerprint density at radius 1 is 1.16 bits per heavy atom. The summed E-state index contributed by atoms with van der Waals surface area (Å²) >= 11 is 2.35. The van der Waals surface area contributed by atoms with Crippen LogP contribution in [0.25, 0.3) is 11.5 Å². The molecular formula is C22H26N4O4S2. The van der Waals surface area contributed by atoms with Crippen LogP contribution in [-0.4, -0.2) is 47.5 Å². The van der Waals surface area contributed by atoms with E-state index in [0.717, 1.165) is 41.7 Å². The molecule has 0 fully saturated rings. The van der Waals surface area contributed by atoms with Crippen LogP contribution < -0.4 is 10.2 Å². The molecule has 0 radical (unpaired) electrons. The van der Waals surface area contributed by atoms with Gasteiger partial charge in [-0.1, -0.05) is 11.8 Å². The van der Waals surface area contributed by atoms with Gasteiger partial charge in [0.2, 0.25) is 11.8 Å². The van der Waals surface area contributed by atoms with Gasteiger partial charge >= 0.3 is 5.97 Å². The Labute approximate surface area is 195 Å². The molecule has 10 heteroatoms. The van der Waals surface area contributed by atoms with E-state index in [2.05, 4.69) is 34.3 Å². The summed E-state index contributed by atoms with van der Waals surface area (Å²) in [5.41, 5.74) is 2.73. The maximum Gasteiger partial charge on any atom is 0.348 e. The molecule has 1 aromatic carbocycles. The molecule has 1 N–H and O–H groups in total. The van der Waals surface area contributed by atoms with Crippen molar-refractivity contribution < 1.29 is 18.7 Å². The average Bonchev–Trinajstić information content (AvgIpc) is 3.40. The molecular weight excluding hydrogens is 448 g/mol. The van der Waals surface area contributed by atoms with Gasteiger partial charge in [0.05, 0.1) is 17.4 Å². The van der Waals surface area contributed by atoms with Crippen LogP contribution in [0, 0.1) is 6.92 Å². The molecule has 0 bridgehead atoms. The third kappa shape index (κ3) is 5.89. The molecule has 8 nitrogen and oxygen atoms in total. The number of aryl methyl sites for hydroxylation is 1. The summed E-state index contributed by atoms with van der Waals surface area (Å²) in [5, 5.41) is 11.8. The van der Waals surface area contributed by atoms with Crippen LogP contribution >= 0.6 is 23.1 Å².